The number of nitrogens with zero attached hydrogens (tertiary/aromatic N) is 1. The highest BCUT2D eigenvalue weighted by atomic mass is 15.3. The molecule has 0 spiro atoms. The van der Waals surface area contributed by atoms with Gasteiger partial charge in [-0.25, -0.2) is 0 Å². The van der Waals surface area contributed by atoms with Crippen LogP contribution in [0.2, 0.25) is 0 Å². The summed E-state index contributed by atoms with van der Waals surface area (Å²) in [5.74, 6) is 1.68. The van der Waals surface area contributed by atoms with Crippen LogP contribution in [0.3, 0.4) is 0 Å². The number of hydrogen-bond acceptors (Lipinski definition) is 2. The Balaban J connectivity index is 1.64. The molecule has 0 amide bonds. The van der Waals surface area contributed by atoms with Crippen LogP contribution in [0.4, 0.5) is 0 Å². The van der Waals surface area contributed by atoms with E-state index in [1.165, 1.54) is 57.8 Å². The molecular weight excluding hydrogens is 196 g/mol. The second kappa shape index (κ2) is 6.27. The Labute approximate surface area is 99.9 Å². The Kier molecular flexibility index (Phi) is 4.68. The summed E-state index contributed by atoms with van der Waals surface area (Å²) in [6, 6.07) is 0.649. The van der Waals surface area contributed by atoms with Gasteiger partial charge in [0.1, 0.15) is 0 Å². The van der Waals surface area contributed by atoms with Gasteiger partial charge in [-0.3, -0.25) is 0 Å². The van der Waals surface area contributed by atoms with Crippen molar-refractivity contribution in [3.8, 4) is 0 Å². The van der Waals surface area contributed by atoms with Gasteiger partial charge in [0.2, 0.25) is 0 Å². The third-order valence-corrected chi connectivity index (χ3v) is 4.21. The van der Waals surface area contributed by atoms with Crippen molar-refractivity contribution in [1.82, 2.24) is 5.43 Å². The maximum Gasteiger partial charge on any atom is 0.0440 e. The molecule has 92 valence electrons. The molecule has 2 rings (SSSR count). The van der Waals surface area contributed by atoms with Gasteiger partial charge in [-0.05, 0) is 50.4 Å². The summed E-state index contributed by atoms with van der Waals surface area (Å²) in [6.45, 7) is 2.36. The Bertz CT molecular complexity index is 211. The summed E-state index contributed by atoms with van der Waals surface area (Å²) < 4.78 is 0. The maximum absolute atomic E-state index is 4.47. The van der Waals surface area contributed by atoms with Crippen LogP contribution >= 0.6 is 0 Å². The Morgan fingerprint density at radius 2 is 1.62 bits per heavy atom. The second-order valence-corrected chi connectivity index (χ2v) is 5.76. The van der Waals surface area contributed by atoms with Gasteiger partial charge in [-0.1, -0.05) is 26.2 Å². The van der Waals surface area contributed by atoms with Crippen molar-refractivity contribution in [3.63, 3.8) is 0 Å². The van der Waals surface area contributed by atoms with Crippen LogP contribution in [0.15, 0.2) is 5.10 Å². The molecule has 2 aliphatic carbocycles. The molecular formula is C14H26N2. The fourth-order valence-electron chi connectivity index (χ4n) is 2.93. The van der Waals surface area contributed by atoms with Crippen LogP contribution in [-0.2, 0) is 0 Å². The van der Waals surface area contributed by atoms with Crippen LogP contribution in [0.1, 0.15) is 64.7 Å². The maximum atomic E-state index is 4.47. The molecule has 0 heterocycles. The first-order chi connectivity index (χ1) is 7.84. The van der Waals surface area contributed by atoms with Crippen molar-refractivity contribution in [2.75, 3.05) is 0 Å². The van der Waals surface area contributed by atoms with E-state index < -0.39 is 0 Å². The number of nitrogens with one attached hydrogen (secondary N) is 1. The highest BCUT2D eigenvalue weighted by molar-refractivity contribution is 5.60. The zero-order valence-corrected chi connectivity index (χ0v) is 10.6. The first-order valence-corrected chi connectivity index (χ1v) is 7.13. The zero-order valence-electron chi connectivity index (χ0n) is 10.6. The lowest BCUT2D eigenvalue weighted by Gasteiger charge is -2.26. The average Bonchev–Trinajstić information content (AvgIpc) is 2.33. The molecule has 2 saturated carbocycles. The number of hydrogen-bond donors (Lipinski definition) is 1. The third kappa shape index (κ3) is 3.80. The molecule has 0 bridgehead atoms. The van der Waals surface area contributed by atoms with Crippen LogP contribution in [-0.4, -0.2) is 12.3 Å². The normalized spacial score (nSPS) is 33.1. The van der Waals surface area contributed by atoms with Crippen molar-refractivity contribution in [2.45, 2.75) is 70.8 Å². The van der Waals surface area contributed by atoms with Gasteiger partial charge >= 0.3 is 0 Å². The zero-order chi connectivity index (χ0) is 11.2. The minimum atomic E-state index is 0.649. The van der Waals surface area contributed by atoms with Gasteiger partial charge in [0.15, 0.2) is 0 Å². The van der Waals surface area contributed by atoms with E-state index in [9.17, 15) is 0 Å². The van der Waals surface area contributed by atoms with E-state index in [1.807, 2.05) is 0 Å². The molecule has 1 N–H and O–H groups in total. The lowest BCUT2D eigenvalue weighted by atomic mass is 9.88. The quantitative estimate of drug-likeness (QED) is 0.571. The van der Waals surface area contributed by atoms with Crippen molar-refractivity contribution in [2.24, 2.45) is 16.9 Å². The van der Waals surface area contributed by atoms with E-state index in [-0.39, 0.29) is 0 Å². The van der Waals surface area contributed by atoms with Crippen molar-refractivity contribution >= 4 is 6.21 Å². The van der Waals surface area contributed by atoms with E-state index in [1.54, 1.807) is 0 Å². The summed E-state index contributed by atoms with van der Waals surface area (Å²) in [4.78, 5) is 0. The largest absolute Gasteiger partial charge is 0.307 e. The standard InChI is InChI=1S/C14H26N2/c1-12-7-9-14(10-8-12)16-15-11-13-5-3-2-4-6-13/h11-14,16H,2-10H2,1H3/b15-11+. The van der Waals surface area contributed by atoms with Gasteiger partial charge in [0, 0.05) is 12.3 Å². The molecule has 0 saturated heterocycles. The van der Waals surface area contributed by atoms with E-state index in [4.69, 9.17) is 0 Å². The van der Waals surface area contributed by atoms with E-state index in [0.29, 0.717) is 6.04 Å². The van der Waals surface area contributed by atoms with E-state index >= 15 is 0 Å². The Hall–Kier alpha value is -0.530. The minimum absolute atomic E-state index is 0.649. The summed E-state index contributed by atoms with van der Waals surface area (Å²) in [5.41, 5.74) is 3.36. The molecule has 0 atom stereocenters. The van der Waals surface area contributed by atoms with Gasteiger partial charge in [-0.15, -0.1) is 0 Å². The lowest BCUT2D eigenvalue weighted by molar-refractivity contribution is 0.311. The molecule has 2 nitrogen and oxygen atoms in total. The highest BCUT2D eigenvalue weighted by Gasteiger charge is 2.17. The molecule has 0 radical (unpaired) electrons. The van der Waals surface area contributed by atoms with Gasteiger partial charge in [-0.2, -0.15) is 5.10 Å². The van der Waals surface area contributed by atoms with E-state index in [2.05, 4.69) is 23.7 Å². The van der Waals surface area contributed by atoms with Crippen molar-refractivity contribution in [3.05, 3.63) is 0 Å². The summed E-state index contributed by atoms with van der Waals surface area (Å²) in [7, 11) is 0. The molecule has 2 fully saturated rings. The van der Waals surface area contributed by atoms with Gasteiger partial charge in [0.25, 0.3) is 0 Å². The second-order valence-electron chi connectivity index (χ2n) is 5.76. The number of rotatable bonds is 3. The fourth-order valence-corrected chi connectivity index (χ4v) is 2.93. The molecule has 16 heavy (non-hydrogen) atoms. The third-order valence-electron chi connectivity index (χ3n) is 4.21. The average molecular weight is 222 g/mol. The predicted molar refractivity (Wildman–Crippen MR) is 69.6 cm³/mol. The molecule has 2 heteroatoms. The van der Waals surface area contributed by atoms with Crippen LogP contribution in [0.25, 0.3) is 0 Å². The highest BCUT2D eigenvalue weighted by Crippen LogP contribution is 2.24. The first kappa shape index (κ1) is 11.9. The Morgan fingerprint density at radius 1 is 0.938 bits per heavy atom. The first-order valence-electron chi connectivity index (χ1n) is 7.13. The minimum Gasteiger partial charge on any atom is -0.307 e. The fraction of sp³-hybridized carbons (Fsp3) is 0.929. The van der Waals surface area contributed by atoms with Crippen molar-refractivity contribution in [1.29, 1.82) is 0 Å². The van der Waals surface area contributed by atoms with Crippen LogP contribution < -0.4 is 5.43 Å². The van der Waals surface area contributed by atoms with Crippen LogP contribution in [0, 0.1) is 11.8 Å². The molecule has 0 aromatic heterocycles. The van der Waals surface area contributed by atoms with E-state index in [0.717, 1.165) is 11.8 Å². The van der Waals surface area contributed by atoms with Gasteiger partial charge in [0.05, 0.1) is 0 Å². The number of hydrazone groups is 1. The predicted octanol–water partition coefficient (Wildman–Crippen LogP) is 3.72. The molecule has 0 aromatic rings. The van der Waals surface area contributed by atoms with Crippen LogP contribution in [0.5, 0.6) is 0 Å². The summed E-state index contributed by atoms with van der Waals surface area (Å²) in [6.07, 6.45) is 14.5. The van der Waals surface area contributed by atoms with Crippen molar-refractivity contribution < 1.29 is 0 Å². The van der Waals surface area contributed by atoms with Gasteiger partial charge < -0.3 is 5.43 Å². The summed E-state index contributed by atoms with van der Waals surface area (Å²) >= 11 is 0. The Morgan fingerprint density at radius 3 is 2.31 bits per heavy atom. The molecule has 2 aliphatic rings. The molecule has 0 aromatic carbocycles. The smallest absolute Gasteiger partial charge is 0.0440 e. The molecule has 0 unspecified atom stereocenters. The monoisotopic (exact) mass is 222 g/mol. The molecule has 0 aliphatic heterocycles. The summed E-state index contributed by atoms with van der Waals surface area (Å²) in [5, 5.41) is 4.47. The lowest BCUT2D eigenvalue weighted by Crippen LogP contribution is -2.29. The SMILES string of the molecule is CC1CCC(N/N=C/C2CCCCC2)CC1. The topological polar surface area (TPSA) is 24.4 Å².